The summed E-state index contributed by atoms with van der Waals surface area (Å²) in [6.07, 6.45) is 46.4. The summed E-state index contributed by atoms with van der Waals surface area (Å²) in [6, 6.07) is 0. The van der Waals surface area contributed by atoms with E-state index < -0.39 is 32.5 Å². The van der Waals surface area contributed by atoms with Crippen LogP contribution in [0.25, 0.3) is 0 Å². The number of esters is 2. The topological polar surface area (TPSA) is 134 Å². The Labute approximate surface area is 322 Å². The zero-order chi connectivity index (χ0) is 38.9. The normalized spacial score (nSPS) is 14.1. The van der Waals surface area contributed by atoms with Crippen LogP contribution in [-0.2, 0) is 32.7 Å². The summed E-state index contributed by atoms with van der Waals surface area (Å²) in [4.78, 5) is 34.8. The van der Waals surface area contributed by atoms with Crippen LogP contribution >= 0.6 is 7.82 Å². The maximum absolute atomic E-state index is 12.6. The molecule has 10 heteroatoms. The van der Waals surface area contributed by atoms with E-state index in [1.165, 1.54) is 44.9 Å². The number of hydrogen-bond donors (Lipinski definition) is 2. The van der Waals surface area contributed by atoms with Crippen molar-refractivity contribution >= 4 is 19.8 Å². The molecule has 0 aromatic carbocycles. The molecule has 1 unspecified atom stereocenters. The molecule has 0 radical (unpaired) electrons. The second kappa shape index (κ2) is 39.2. The van der Waals surface area contributed by atoms with Crippen LogP contribution < -0.4 is 5.73 Å². The van der Waals surface area contributed by atoms with Gasteiger partial charge in [0.1, 0.15) is 6.61 Å². The van der Waals surface area contributed by atoms with Crippen molar-refractivity contribution in [1.29, 1.82) is 0 Å². The summed E-state index contributed by atoms with van der Waals surface area (Å²) >= 11 is 0. The molecule has 0 rings (SSSR count). The molecule has 0 aromatic heterocycles. The third-order valence-corrected chi connectivity index (χ3v) is 9.06. The van der Waals surface area contributed by atoms with E-state index in [4.69, 9.17) is 24.3 Å². The van der Waals surface area contributed by atoms with Crippen molar-refractivity contribution < 1.29 is 37.6 Å². The Hall–Kier alpha value is -2.55. The first-order valence-electron chi connectivity index (χ1n) is 20.4. The lowest BCUT2D eigenvalue weighted by atomic mass is 10.1. The molecule has 0 aliphatic rings. The number of hydrogen-bond acceptors (Lipinski definition) is 8. The smallest absolute Gasteiger partial charge is 0.462 e. The maximum Gasteiger partial charge on any atom is 0.472 e. The Balaban J connectivity index is 4.28. The Kier molecular flexibility index (Phi) is 37.3. The van der Waals surface area contributed by atoms with Gasteiger partial charge in [0.25, 0.3) is 0 Å². The molecule has 304 valence electrons. The largest absolute Gasteiger partial charge is 0.472 e. The van der Waals surface area contributed by atoms with Crippen molar-refractivity contribution in [3.05, 3.63) is 72.9 Å². The summed E-state index contributed by atoms with van der Waals surface area (Å²) in [6.45, 7) is 3.51. The van der Waals surface area contributed by atoms with Crippen molar-refractivity contribution in [2.75, 3.05) is 26.4 Å². The monoisotopic (exact) mass is 764 g/mol. The average molecular weight is 764 g/mol. The fourth-order valence-corrected chi connectivity index (χ4v) is 5.83. The van der Waals surface area contributed by atoms with E-state index in [1.54, 1.807) is 0 Å². The van der Waals surface area contributed by atoms with E-state index in [9.17, 15) is 19.0 Å². The molecule has 0 fully saturated rings. The second-order valence-corrected chi connectivity index (χ2v) is 14.6. The van der Waals surface area contributed by atoms with Crippen LogP contribution in [0.15, 0.2) is 72.9 Å². The maximum atomic E-state index is 12.6. The van der Waals surface area contributed by atoms with Crippen LogP contribution in [0.4, 0.5) is 0 Å². The molecule has 0 bridgehead atoms. The highest BCUT2D eigenvalue weighted by atomic mass is 31.2. The van der Waals surface area contributed by atoms with Gasteiger partial charge >= 0.3 is 19.8 Å². The van der Waals surface area contributed by atoms with Crippen LogP contribution in [0.5, 0.6) is 0 Å². The molecule has 0 spiro atoms. The molecule has 0 aliphatic heterocycles. The predicted octanol–water partition coefficient (Wildman–Crippen LogP) is 11.5. The number of carbonyl (C=O) groups is 2. The minimum absolute atomic E-state index is 0.0426. The number of phosphoric ester groups is 1. The highest BCUT2D eigenvalue weighted by Gasteiger charge is 2.25. The lowest BCUT2D eigenvalue weighted by Crippen LogP contribution is -2.29. The van der Waals surface area contributed by atoms with Gasteiger partial charge in [-0.05, 0) is 83.5 Å². The van der Waals surface area contributed by atoms with Crippen LogP contribution in [0.1, 0.15) is 155 Å². The van der Waals surface area contributed by atoms with Gasteiger partial charge in [-0.25, -0.2) is 4.57 Å². The summed E-state index contributed by atoms with van der Waals surface area (Å²) in [5.74, 6) is -0.894. The third-order valence-electron chi connectivity index (χ3n) is 8.08. The molecule has 3 N–H and O–H groups in total. The fraction of sp³-hybridized carbons (Fsp3) is 0.674. The van der Waals surface area contributed by atoms with Crippen molar-refractivity contribution in [3.63, 3.8) is 0 Å². The molecule has 0 aliphatic carbocycles. The van der Waals surface area contributed by atoms with Crippen LogP contribution in [-0.4, -0.2) is 49.3 Å². The van der Waals surface area contributed by atoms with Crippen LogP contribution in [0.3, 0.4) is 0 Å². The van der Waals surface area contributed by atoms with E-state index in [-0.39, 0.29) is 32.6 Å². The molecular formula is C43H74NO8P. The predicted molar refractivity (Wildman–Crippen MR) is 219 cm³/mol. The van der Waals surface area contributed by atoms with Crippen molar-refractivity contribution in [2.24, 2.45) is 5.73 Å². The molecule has 0 saturated heterocycles. The quantitative estimate of drug-likeness (QED) is 0.0274. The standard InChI is InChI=1S/C43H74NO8P/c1-3-5-7-9-11-13-15-17-19-20-22-24-26-28-30-32-34-36-43(46)52-41(40-51-53(47,48)50-38-37-44)39-49-42(45)35-33-31-29-27-25-23-21-18-16-14-12-10-8-6-4-2/h6,8,11-14,17-19,21,25,27,41H,3-5,7,9-10,15-16,20,22-24,26,28-40,44H2,1-2H3,(H,47,48)/t41-/m1/s1. The van der Waals surface area contributed by atoms with E-state index in [2.05, 4.69) is 86.8 Å². The molecule has 2 atom stereocenters. The van der Waals surface area contributed by atoms with E-state index in [1.807, 2.05) is 0 Å². The first-order chi connectivity index (χ1) is 25.8. The molecule has 0 aromatic rings. The van der Waals surface area contributed by atoms with Crippen LogP contribution in [0.2, 0.25) is 0 Å². The number of carbonyl (C=O) groups excluding carboxylic acids is 2. The van der Waals surface area contributed by atoms with Gasteiger partial charge < -0.3 is 20.1 Å². The van der Waals surface area contributed by atoms with Crippen molar-refractivity contribution in [1.82, 2.24) is 0 Å². The minimum Gasteiger partial charge on any atom is -0.462 e. The molecular weight excluding hydrogens is 689 g/mol. The average Bonchev–Trinajstić information content (AvgIpc) is 3.14. The summed E-state index contributed by atoms with van der Waals surface area (Å²) in [5, 5.41) is 0. The number of allylic oxidation sites excluding steroid dienone is 12. The Bertz CT molecular complexity index is 1100. The lowest BCUT2D eigenvalue weighted by Gasteiger charge is -2.19. The highest BCUT2D eigenvalue weighted by Crippen LogP contribution is 2.43. The molecule has 0 amide bonds. The third kappa shape index (κ3) is 39.0. The van der Waals surface area contributed by atoms with Crippen LogP contribution in [0, 0.1) is 0 Å². The number of unbranched alkanes of at least 4 members (excludes halogenated alkanes) is 12. The zero-order valence-corrected chi connectivity index (χ0v) is 34.1. The second-order valence-electron chi connectivity index (χ2n) is 13.1. The number of phosphoric acid groups is 1. The van der Waals surface area contributed by atoms with Gasteiger partial charge in [0.2, 0.25) is 0 Å². The number of nitrogens with two attached hydrogens (primary N) is 1. The van der Waals surface area contributed by atoms with Gasteiger partial charge in [0.15, 0.2) is 6.10 Å². The lowest BCUT2D eigenvalue weighted by molar-refractivity contribution is -0.161. The Morgan fingerprint density at radius 1 is 0.585 bits per heavy atom. The number of ether oxygens (including phenoxy) is 2. The van der Waals surface area contributed by atoms with Gasteiger partial charge in [-0.15, -0.1) is 0 Å². The molecule has 0 saturated carbocycles. The van der Waals surface area contributed by atoms with Crippen molar-refractivity contribution in [3.8, 4) is 0 Å². The Morgan fingerprint density at radius 3 is 1.58 bits per heavy atom. The first-order valence-corrected chi connectivity index (χ1v) is 21.9. The van der Waals surface area contributed by atoms with Gasteiger partial charge in [0.05, 0.1) is 13.2 Å². The summed E-state index contributed by atoms with van der Waals surface area (Å²) in [7, 11) is -4.39. The van der Waals surface area contributed by atoms with Gasteiger partial charge in [-0.3, -0.25) is 18.6 Å². The molecule has 53 heavy (non-hydrogen) atoms. The van der Waals surface area contributed by atoms with E-state index in [0.29, 0.717) is 12.8 Å². The van der Waals surface area contributed by atoms with E-state index in [0.717, 1.165) is 70.6 Å². The van der Waals surface area contributed by atoms with Gasteiger partial charge in [-0.2, -0.15) is 0 Å². The van der Waals surface area contributed by atoms with Gasteiger partial charge in [-0.1, -0.05) is 132 Å². The van der Waals surface area contributed by atoms with E-state index >= 15 is 0 Å². The number of rotatable bonds is 37. The summed E-state index contributed by atoms with van der Waals surface area (Å²) < 4.78 is 32.7. The Morgan fingerprint density at radius 2 is 1.04 bits per heavy atom. The minimum atomic E-state index is -4.39. The fourth-order valence-electron chi connectivity index (χ4n) is 5.07. The van der Waals surface area contributed by atoms with Gasteiger partial charge in [0, 0.05) is 19.4 Å². The SMILES string of the molecule is CCC=CCC=CCC=CCC=CCCCCC(=O)OC[C@H](COP(=O)(O)OCCN)OC(=O)CCCCCCCCCC=CCC=CCCCCC. The first kappa shape index (κ1) is 50.5. The molecule has 0 heterocycles. The highest BCUT2D eigenvalue weighted by molar-refractivity contribution is 7.47. The zero-order valence-electron chi connectivity index (χ0n) is 33.2. The van der Waals surface area contributed by atoms with Crippen molar-refractivity contribution in [2.45, 2.75) is 161 Å². The molecule has 9 nitrogen and oxygen atoms in total. The summed E-state index contributed by atoms with van der Waals surface area (Å²) in [5.41, 5.74) is 5.34.